The van der Waals surface area contributed by atoms with E-state index in [1.54, 1.807) is 25.1 Å². The van der Waals surface area contributed by atoms with Crippen LogP contribution in [0.1, 0.15) is 21.5 Å². The molecule has 0 aliphatic carbocycles. The highest BCUT2D eigenvalue weighted by atomic mass is 32.2. The van der Waals surface area contributed by atoms with Crippen molar-refractivity contribution in [1.29, 1.82) is 0 Å². The summed E-state index contributed by atoms with van der Waals surface area (Å²) < 4.78 is 65.6. The van der Waals surface area contributed by atoms with Crippen LogP contribution < -0.4 is 10.0 Å². The van der Waals surface area contributed by atoms with Crippen molar-refractivity contribution < 1.29 is 26.4 Å². The zero-order valence-corrected chi connectivity index (χ0v) is 21.2. The molecule has 0 aliphatic heterocycles. The molecule has 4 rings (SSSR count). The van der Waals surface area contributed by atoms with Crippen LogP contribution in [-0.2, 0) is 16.2 Å². The van der Waals surface area contributed by atoms with E-state index in [1.807, 2.05) is 0 Å². The van der Waals surface area contributed by atoms with Gasteiger partial charge in [-0.2, -0.15) is 13.2 Å². The van der Waals surface area contributed by atoms with Gasteiger partial charge in [-0.25, -0.2) is 33.1 Å². The summed E-state index contributed by atoms with van der Waals surface area (Å²) in [6, 6.07) is 11.5. The van der Waals surface area contributed by atoms with Crippen molar-refractivity contribution in [2.24, 2.45) is 0 Å². The van der Waals surface area contributed by atoms with Gasteiger partial charge in [0.05, 0.1) is 16.2 Å². The minimum atomic E-state index is -4.47. The molecule has 0 radical (unpaired) electrons. The molecule has 0 fully saturated rings. The van der Waals surface area contributed by atoms with Crippen LogP contribution in [0.15, 0.2) is 83.2 Å². The van der Waals surface area contributed by atoms with Crippen LogP contribution in [0.2, 0.25) is 0 Å². The van der Waals surface area contributed by atoms with Gasteiger partial charge < -0.3 is 5.32 Å². The van der Waals surface area contributed by atoms with Gasteiger partial charge in [0.25, 0.3) is 10.0 Å². The first-order valence-electron chi connectivity index (χ1n) is 10.8. The molecule has 14 heteroatoms. The number of Topliss-reactive ketones (excluding diaryl/α,β-unsaturated/α-hetero) is 1. The quantitative estimate of drug-likeness (QED) is 0.163. The molecule has 9 nitrogen and oxygen atoms in total. The molecule has 4 aromatic rings. The number of hydrogen-bond donors (Lipinski definition) is 2. The molecule has 0 bridgehead atoms. The Morgan fingerprint density at radius 1 is 0.947 bits per heavy atom. The van der Waals surface area contributed by atoms with Gasteiger partial charge in [0.1, 0.15) is 5.82 Å². The van der Waals surface area contributed by atoms with Gasteiger partial charge in [-0.3, -0.25) is 4.79 Å². The van der Waals surface area contributed by atoms with E-state index in [9.17, 15) is 26.4 Å². The molecule has 2 heterocycles. The molecule has 0 saturated heterocycles. The number of anilines is 3. The number of benzene rings is 2. The number of sulfonamides is 1. The number of carbonyl (C=O) groups excluding carboxylic acids is 1. The topological polar surface area (TPSA) is 127 Å². The molecule has 0 spiro atoms. The predicted octanol–water partition coefficient (Wildman–Crippen LogP) is 5.11. The lowest BCUT2D eigenvalue weighted by atomic mass is 10.1. The Kier molecular flexibility index (Phi) is 7.92. The summed E-state index contributed by atoms with van der Waals surface area (Å²) in [5, 5.41) is 3.30. The Labute approximate surface area is 220 Å². The largest absolute Gasteiger partial charge is 0.416 e. The first-order valence-corrected chi connectivity index (χ1v) is 13.3. The number of halogens is 3. The Morgan fingerprint density at radius 3 is 2.24 bits per heavy atom. The van der Waals surface area contributed by atoms with E-state index in [0.717, 1.165) is 41.6 Å². The van der Waals surface area contributed by atoms with Crippen molar-refractivity contribution in [3.05, 3.63) is 89.9 Å². The number of alkyl halides is 3. The molecule has 2 N–H and O–H groups in total. The number of thioether (sulfide) groups is 1. The average Bonchev–Trinajstić information content (AvgIpc) is 2.89. The third-order valence-electron chi connectivity index (χ3n) is 4.94. The van der Waals surface area contributed by atoms with E-state index in [2.05, 4.69) is 30.0 Å². The Morgan fingerprint density at radius 2 is 1.61 bits per heavy atom. The summed E-state index contributed by atoms with van der Waals surface area (Å²) in [5.41, 5.74) is 0.663. The highest BCUT2D eigenvalue weighted by Gasteiger charge is 2.30. The van der Waals surface area contributed by atoms with Gasteiger partial charge in [0, 0.05) is 29.8 Å². The molecule has 38 heavy (non-hydrogen) atoms. The second-order valence-electron chi connectivity index (χ2n) is 7.85. The normalized spacial score (nSPS) is 11.7. The Balaban J connectivity index is 1.36. The fourth-order valence-corrected chi connectivity index (χ4v) is 4.71. The zero-order chi connectivity index (χ0) is 27.3. The van der Waals surface area contributed by atoms with Crippen LogP contribution in [0.4, 0.5) is 30.6 Å². The summed E-state index contributed by atoms with van der Waals surface area (Å²) in [5.74, 6) is -0.0852. The van der Waals surface area contributed by atoms with Crippen LogP contribution in [0.3, 0.4) is 0 Å². The number of ketones is 1. The molecule has 0 amide bonds. The average molecular weight is 561 g/mol. The molecule has 0 unspecified atom stereocenters. The van der Waals surface area contributed by atoms with Crippen molar-refractivity contribution in [3.8, 4) is 0 Å². The van der Waals surface area contributed by atoms with Gasteiger partial charge >= 0.3 is 6.18 Å². The zero-order valence-electron chi connectivity index (χ0n) is 19.6. The monoisotopic (exact) mass is 560 g/mol. The number of carbonyl (C=O) groups is 1. The molecule has 2 aromatic carbocycles. The first-order chi connectivity index (χ1) is 18.0. The van der Waals surface area contributed by atoms with Gasteiger partial charge in [-0.15, -0.1) is 0 Å². The molecule has 2 aromatic heterocycles. The van der Waals surface area contributed by atoms with Crippen LogP contribution in [-0.4, -0.2) is 39.9 Å². The highest BCUT2D eigenvalue weighted by Crippen LogP contribution is 2.29. The summed E-state index contributed by atoms with van der Waals surface area (Å²) in [4.78, 5) is 28.6. The third kappa shape index (κ3) is 7.04. The third-order valence-corrected chi connectivity index (χ3v) is 7.15. The summed E-state index contributed by atoms with van der Waals surface area (Å²) >= 11 is 1.03. The van der Waals surface area contributed by atoms with Crippen LogP contribution in [0, 0.1) is 6.92 Å². The standard InChI is InChI=1S/C24H19F3N6O3S2/c1-15-12-29-22(30-13-15)33-38(35,36)19-8-6-18(7-9-19)31-21-10-11-28-23(32-21)37-14-20(34)16-2-4-17(5-3-16)24(25,26)27/h2-13H,14H2,1H3,(H,28,31,32)(H,29,30,33). The van der Waals surface area contributed by atoms with E-state index in [0.29, 0.717) is 11.5 Å². The summed E-state index contributed by atoms with van der Waals surface area (Å²) in [6.07, 6.45) is -0.00238. The second-order valence-corrected chi connectivity index (χ2v) is 10.5. The van der Waals surface area contributed by atoms with Gasteiger partial charge in [0.2, 0.25) is 5.95 Å². The first kappa shape index (κ1) is 27.0. The second kappa shape index (κ2) is 11.1. The summed E-state index contributed by atoms with van der Waals surface area (Å²) in [6.45, 7) is 1.78. The maximum absolute atomic E-state index is 12.7. The van der Waals surface area contributed by atoms with E-state index in [4.69, 9.17) is 0 Å². The summed E-state index contributed by atoms with van der Waals surface area (Å²) in [7, 11) is -3.89. The number of aromatic nitrogens is 4. The SMILES string of the molecule is Cc1cnc(NS(=O)(=O)c2ccc(Nc3ccnc(SCC(=O)c4ccc(C(F)(F)F)cc4)n3)cc2)nc1. The maximum atomic E-state index is 12.7. The molecule has 196 valence electrons. The van der Waals surface area contributed by atoms with Gasteiger partial charge in [-0.1, -0.05) is 23.9 Å². The lowest BCUT2D eigenvalue weighted by Gasteiger charge is -2.09. The smallest absolute Gasteiger partial charge is 0.340 e. The lowest BCUT2D eigenvalue weighted by molar-refractivity contribution is -0.137. The molecule has 0 saturated carbocycles. The lowest BCUT2D eigenvalue weighted by Crippen LogP contribution is -2.15. The number of rotatable bonds is 9. The number of aryl methyl sites for hydroxylation is 1. The van der Waals surface area contributed by atoms with Crippen molar-refractivity contribution >= 4 is 45.0 Å². The number of nitrogens with zero attached hydrogens (tertiary/aromatic N) is 4. The van der Waals surface area contributed by atoms with Gasteiger partial charge in [-0.05, 0) is 55.0 Å². The van der Waals surface area contributed by atoms with Crippen molar-refractivity contribution in [2.75, 3.05) is 15.8 Å². The fraction of sp³-hybridized carbons (Fsp3) is 0.125. The number of nitrogens with one attached hydrogen (secondary N) is 2. The Hall–Kier alpha value is -4.04. The number of hydrogen-bond acceptors (Lipinski definition) is 9. The Bertz CT molecular complexity index is 1530. The van der Waals surface area contributed by atoms with E-state index in [-0.39, 0.29) is 33.1 Å². The molecule has 0 aliphatic rings. The molecular weight excluding hydrogens is 541 g/mol. The van der Waals surface area contributed by atoms with E-state index in [1.165, 1.54) is 30.7 Å². The van der Waals surface area contributed by atoms with E-state index >= 15 is 0 Å². The molecule has 0 atom stereocenters. The highest BCUT2D eigenvalue weighted by molar-refractivity contribution is 7.99. The minimum Gasteiger partial charge on any atom is -0.340 e. The van der Waals surface area contributed by atoms with Crippen molar-refractivity contribution in [2.45, 2.75) is 23.2 Å². The molecular formula is C24H19F3N6O3S2. The van der Waals surface area contributed by atoms with Crippen LogP contribution in [0.25, 0.3) is 0 Å². The predicted molar refractivity (Wildman–Crippen MR) is 136 cm³/mol. The van der Waals surface area contributed by atoms with Crippen LogP contribution in [0.5, 0.6) is 0 Å². The minimum absolute atomic E-state index is 0.00735. The van der Waals surface area contributed by atoms with Crippen LogP contribution >= 0.6 is 11.8 Å². The van der Waals surface area contributed by atoms with Crippen molar-refractivity contribution in [3.63, 3.8) is 0 Å². The van der Waals surface area contributed by atoms with Gasteiger partial charge in [0.15, 0.2) is 10.9 Å². The van der Waals surface area contributed by atoms with Crippen molar-refractivity contribution in [1.82, 2.24) is 19.9 Å². The van der Waals surface area contributed by atoms with E-state index < -0.39 is 21.8 Å². The fourth-order valence-electron chi connectivity index (χ4n) is 3.03. The maximum Gasteiger partial charge on any atom is 0.416 e.